The summed E-state index contributed by atoms with van der Waals surface area (Å²) in [6.45, 7) is 7.99. The van der Waals surface area contributed by atoms with Gasteiger partial charge in [-0.25, -0.2) is 0 Å². The van der Waals surface area contributed by atoms with Crippen molar-refractivity contribution in [2.24, 2.45) is 5.41 Å². The molecule has 1 saturated carbocycles. The van der Waals surface area contributed by atoms with E-state index in [4.69, 9.17) is 0 Å². The molecule has 1 heterocycles. The van der Waals surface area contributed by atoms with Crippen molar-refractivity contribution in [3.8, 4) is 0 Å². The van der Waals surface area contributed by atoms with E-state index in [1.54, 1.807) is 4.88 Å². The second-order valence-electron chi connectivity index (χ2n) is 6.92. The van der Waals surface area contributed by atoms with Gasteiger partial charge in [0.15, 0.2) is 0 Å². The molecule has 1 aliphatic carbocycles. The summed E-state index contributed by atoms with van der Waals surface area (Å²) in [5.41, 5.74) is 0.746. The van der Waals surface area contributed by atoms with Gasteiger partial charge in [0.05, 0.1) is 0 Å². The molecule has 0 spiro atoms. The summed E-state index contributed by atoms with van der Waals surface area (Å²) < 4.78 is 0. The molecule has 1 N–H and O–H groups in total. The van der Waals surface area contributed by atoms with Gasteiger partial charge in [-0.1, -0.05) is 25.3 Å². The third-order valence-corrected chi connectivity index (χ3v) is 4.91. The zero-order valence-corrected chi connectivity index (χ0v) is 12.9. The molecule has 1 fully saturated rings. The van der Waals surface area contributed by atoms with E-state index < -0.39 is 0 Å². The van der Waals surface area contributed by atoms with E-state index in [1.165, 1.54) is 45.1 Å². The van der Waals surface area contributed by atoms with E-state index in [0.717, 1.165) is 0 Å². The van der Waals surface area contributed by atoms with Crippen LogP contribution in [-0.4, -0.2) is 12.1 Å². The molecule has 18 heavy (non-hydrogen) atoms. The second-order valence-corrected chi connectivity index (χ2v) is 7.95. The van der Waals surface area contributed by atoms with Crippen molar-refractivity contribution in [2.45, 2.75) is 64.8 Å². The minimum atomic E-state index is 0.236. The minimum Gasteiger partial charge on any atom is -0.312 e. The average molecular weight is 265 g/mol. The Labute approximate surface area is 116 Å². The molecule has 0 saturated heterocycles. The molecular weight excluding hydrogens is 238 g/mol. The number of thiophene rings is 1. The Morgan fingerprint density at radius 1 is 1.22 bits per heavy atom. The van der Waals surface area contributed by atoms with E-state index >= 15 is 0 Å². The fraction of sp³-hybridized carbons (Fsp3) is 0.750. The monoisotopic (exact) mass is 265 g/mol. The smallest absolute Gasteiger partial charge is 0.00967 e. The van der Waals surface area contributed by atoms with Crippen molar-refractivity contribution in [3.63, 3.8) is 0 Å². The quantitative estimate of drug-likeness (QED) is 0.837. The Kier molecular flexibility index (Phi) is 4.50. The van der Waals surface area contributed by atoms with Crippen LogP contribution in [0.25, 0.3) is 0 Å². The average Bonchev–Trinajstić information content (AvgIpc) is 2.80. The standard InChI is InChI=1S/C16H27NS/c1-15(2,3)17-13-16(9-5-4-6-10-16)12-14-8-7-11-18-14/h7-8,11,17H,4-6,9-10,12-13H2,1-3H3. The lowest BCUT2D eigenvalue weighted by molar-refractivity contribution is 0.166. The molecule has 0 atom stereocenters. The van der Waals surface area contributed by atoms with Crippen molar-refractivity contribution >= 4 is 11.3 Å². The number of hydrogen-bond acceptors (Lipinski definition) is 2. The first-order valence-electron chi connectivity index (χ1n) is 7.27. The maximum atomic E-state index is 3.75. The van der Waals surface area contributed by atoms with Crippen LogP contribution in [0.1, 0.15) is 57.8 Å². The molecule has 0 radical (unpaired) electrons. The molecule has 0 aliphatic heterocycles. The van der Waals surface area contributed by atoms with Gasteiger partial charge in [0.2, 0.25) is 0 Å². The van der Waals surface area contributed by atoms with E-state index in [2.05, 4.69) is 43.6 Å². The fourth-order valence-corrected chi connectivity index (χ4v) is 3.83. The summed E-state index contributed by atoms with van der Waals surface area (Å²) in [5, 5.41) is 5.96. The van der Waals surface area contributed by atoms with Crippen LogP contribution in [0.15, 0.2) is 17.5 Å². The molecular formula is C16H27NS. The first-order chi connectivity index (χ1) is 8.49. The lowest BCUT2D eigenvalue weighted by Gasteiger charge is -2.39. The highest BCUT2D eigenvalue weighted by molar-refractivity contribution is 7.09. The molecule has 0 bridgehead atoms. The van der Waals surface area contributed by atoms with Gasteiger partial charge in [-0.3, -0.25) is 0 Å². The third kappa shape index (κ3) is 4.10. The van der Waals surface area contributed by atoms with Crippen LogP contribution < -0.4 is 5.32 Å². The van der Waals surface area contributed by atoms with E-state index in [0.29, 0.717) is 5.41 Å². The zero-order valence-electron chi connectivity index (χ0n) is 12.1. The molecule has 1 aromatic rings. The molecule has 1 nitrogen and oxygen atoms in total. The van der Waals surface area contributed by atoms with Crippen molar-refractivity contribution in [2.75, 3.05) is 6.54 Å². The molecule has 1 aromatic heterocycles. The van der Waals surface area contributed by atoms with Gasteiger partial charge in [0.25, 0.3) is 0 Å². The van der Waals surface area contributed by atoms with Crippen LogP contribution in [0.5, 0.6) is 0 Å². The van der Waals surface area contributed by atoms with Crippen LogP contribution in [-0.2, 0) is 6.42 Å². The maximum absolute atomic E-state index is 3.75. The minimum absolute atomic E-state index is 0.236. The van der Waals surface area contributed by atoms with Gasteiger partial charge in [0, 0.05) is 17.0 Å². The number of hydrogen-bond donors (Lipinski definition) is 1. The molecule has 1 aliphatic rings. The van der Waals surface area contributed by atoms with Crippen molar-refractivity contribution in [1.82, 2.24) is 5.32 Å². The zero-order chi connectivity index (χ0) is 13.1. The van der Waals surface area contributed by atoms with Crippen LogP contribution in [0.4, 0.5) is 0 Å². The Balaban J connectivity index is 2.02. The summed E-state index contributed by atoms with van der Waals surface area (Å²) in [5.74, 6) is 0. The fourth-order valence-electron chi connectivity index (χ4n) is 2.95. The van der Waals surface area contributed by atoms with Crippen LogP contribution >= 0.6 is 11.3 Å². The van der Waals surface area contributed by atoms with Gasteiger partial charge in [0.1, 0.15) is 0 Å². The lowest BCUT2D eigenvalue weighted by Crippen LogP contribution is -2.45. The Morgan fingerprint density at radius 3 is 2.50 bits per heavy atom. The largest absolute Gasteiger partial charge is 0.312 e. The predicted octanol–water partition coefficient (Wildman–Crippen LogP) is 4.63. The summed E-state index contributed by atoms with van der Waals surface area (Å²) in [7, 11) is 0. The van der Waals surface area contributed by atoms with Gasteiger partial charge >= 0.3 is 0 Å². The molecule has 102 valence electrons. The van der Waals surface area contributed by atoms with Crippen LogP contribution in [0.3, 0.4) is 0 Å². The number of rotatable bonds is 4. The van der Waals surface area contributed by atoms with Crippen molar-refractivity contribution in [3.05, 3.63) is 22.4 Å². The maximum Gasteiger partial charge on any atom is 0.00967 e. The van der Waals surface area contributed by atoms with E-state index in [-0.39, 0.29) is 5.54 Å². The normalized spacial score (nSPS) is 19.9. The molecule has 0 aromatic carbocycles. The summed E-state index contributed by atoms with van der Waals surface area (Å²) in [4.78, 5) is 1.56. The Morgan fingerprint density at radius 2 is 1.94 bits per heavy atom. The topological polar surface area (TPSA) is 12.0 Å². The van der Waals surface area contributed by atoms with Crippen molar-refractivity contribution in [1.29, 1.82) is 0 Å². The first kappa shape index (κ1) is 14.1. The van der Waals surface area contributed by atoms with Gasteiger partial charge in [-0.15, -0.1) is 11.3 Å². The lowest BCUT2D eigenvalue weighted by atomic mass is 9.71. The van der Waals surface area contributed by atoms with Crippen LogP contribution in [0, 0.1) is 5.41 Å². The highest BCUT2D eigenvalue weighted by Gasteiger charge is 2.33. The van der Waals surface area contributed by atoms with Crippen molar-refractivity contribution < 1.29 is 0 Å². The van der Waals surface area contributed by atoms with E-state index in [1.807, 2.05) is 11.3 Å². The predicted molar refractivity (Wildman–Crippen MR) is 81.3 cm³/mol. The summed E-state index contributed by atoms with van der Waals surface area (Å²) in [6, 6.07) is 4.49. The van der Waals surface area contributed by atoms with Gasteiger partial charge < -0.3 is 5.32 Å². The summed E-state index contributed by atoms with van der Waals surface area (Å²) >= 11 is 1.92. The van der Waals surface area contributed by atoms with Gasteiger partial charge in [-0.2, -0.15) is 0 Å². The highest BCUT2D eigenvalue weighted by Crippen LogP contribution is 2.39. The molecule has 0 unspecified atom stereocenters. The van der Waals surface area contributed by atoms with Gasteiger partial charge in [-0.05, 0) is 56.9 Å². The molecule has 2 rings (SSSR count). The molecule has 2 heteroatoms. The van der Waals surface area contributed by atoms with Crippen LogP contribution in [0.2, 0.25) is 0 Å². The first-order valence-corrected chi connectivity index (χ1v) is 8.15. The Bertz CT molecular complexity index is 342. The highest BCUT2D eigenvalue weighted by atomic mass is 32.1. The second kappa shape index (κ2) is 5.75. The number of nitrogens with one attached hydrogen (secondary N) is 1. The molecule has 0 amide bonds. The SMILES string of the molecule is CC(C)(C)NCC1(Cc2cccs2)CCCCC1. The third-order valence-electron chi connectivity index (χ3n) is 4.04. The Hall–Kier alpha value is -0.340. The summed E-state index contributed by atoms with van der Waals surface area (Å²) in [6.07, 6.45) is 8.33. The van der Waals surface area contributed by atoms with E-state index in [9.17, 15) is 0 Å².